The van der Waals surface area contributed by atoms with E-state index in [1.165, 1.54) is 173 Å². The van der Waals surface area contributed by atoms with Crippen molar-refractivity contribution in [2.75, 3.05) is 13.2 Å². The zero-order chi connectivity index (χ0) is 59.2. The number of carbonyl (C=O) groups is 3. The summed E-state index contributed by atoms with van der Waals surface area (Å²) < 4.78 is 17.0. The van der Waals surface area contributed by atoms with Gasteiger partial charge in [0.25, 0.3) is 0 Å². The summed E-state index contributed by atoms with van der Waals surface area (Å²) in [5.74, 6) is -0.898. The molecule has 0 aliphatic heterocycles. The molecule has 1 unspecified atom stereocenters. The molecule has 6 nitrogen and oxygen atoms in total. The smallest absolute Gasteiger partial charge is 0.306 e. The summed E-state index contributed by atoms with van der Waals surface area (Å²) in [6.45, 7) is 6.52. The zero-order valence-corrected chi connectivity index (χ0v) is 54.0. The van der Waals surface area contributed by atoms with Crippen LogP contribution in [0.5, 0.6) is 0 Å². The van der Waals surface area contributed by atoms with E-state index >= 15 is 0 Å². The van der Waals surface area contributed by atoms with E-state index in [0.717, 1.165) is 122 Å². The summed E-state index contributed by atoms with van der Waals surface area (Å²) in [6.07, 6.45) is 95.3. The molecule has 0 aromatic rings. The first-order valence-electron chi connectivity index (χ1n) is 34.9. The number of ether oxygens (including phenoxy) is 3. The van der Waals surface area contributed by atoms with Gasteiger partial charge < -0.3 is 14.2 Å². The first-order valence-corrected chi connectivity index (χ1v) is 34.9. The van der Waals surface area contributed by atoms with E-state index in [1.54, 1.807) is 0 Å². The molecule has 0 saturated heterocycles. The SMILES string of the molecule is CC/C=C\C/C=C\C/C=C\C/C=C\C/C=C\C/C=C\CCCCCCCCCCC(=O)OCC(COC(=O)CCCCCCC/C=C\C/C=C\CCCCCC)OC(=O)CCCCCCCCCCC/C=C\CCCCCCCCCC. The van der Waals surface area contributed by atoms with E-state index in [0.29, 0.717) is 19.3 Å². The first kappa shape index (κ1) is 78.1. The molecule has 0 aliphatic carbocycles. The van der Waals surface area contributed by atoms with Gasteiger partial charge in [0.1, 0.15) is 13.2 Å². The third-order valence-corrected chi connectivity index (χ3v) is 15.0. The third kappa shape index (κ3) is 66.9. The van der Waals surface area contributed by atoms with Crippen molar-refractivity contribution in [3.05, 3.63) is 109 Å². The van der Waals surface area contributed by atoms with Crippen LogP contribution in [0.15, 0.2) is 109 Å². The summed E-state index contributed by atoms with van der Waals surface area (Å²) in [4.78, 5) is 38.5. The summed E-state index contributed by atoms with van der Waals surface area (Å²) in [5, 5.41) is 0. The number of esters is 3. The van der Waals surface area contributed by atoms with Crippen LogP contribution in [0.3, 0.4) is 0 Å². The van der Waals surface area contributed by atoms with Gasteiger partial charge in [0.15, 0.2) is 6.10 Å². The van der Waals surface area contributed by atoms with Crippen molar-refractivity contribution < 1.29 is 28.6 Å². The Morgan fingerprint density at radius 3 is 0.768 bits per heavy atom. The Morgan fingerprint density at radius 2 is 0.476 bits per heavy atom. The number of rotatable bonds is 63. The monoisotopic (exact) mass is 1140 g/mol. The molecule has 0 N–H and O–H groups in total. The van der Waals surface area contributed by atoms with Gasteiger partial charge in [-0.05, 0) is 128 Å². The van der Waals surface area contributed by atoms with Crippen molar-refractivity contribution in [2.45, 2.75) is 341 Å². The highest BCUT2D eigenvalue weighted by Gasteiger charge is 2.19. The topological polar surface area (TPSA) is 78.9 Å². The molecule has 0 rings (SSSR count). The van der Waals surface area contributed by atoms with E-state index in [9.17, 15) is 14.4 Å². The fraction of sp³-hybridized carbons (Fsp3) is 0.724. The van der Waals surface area contributed by atoms with E-state index in [1.807, 2.05) is 0 Å². The molecule has 0 bridgehead atoms. The summed E-state index contributed by atoms with van der Waals surface area (Å²) in [7, 11) is 0. The van der Waals surface area contributed by atoms with Crippen LogP contribution in [0.25, 0.3) is 0 Å². The summed E-state index contributed by atoms with van der Waals surface area (Å²) in [6, 6.07) is 0. The van der Waals surface area contributed by atoms with Crippen LogP contribution in [0.2, 0.25) is 0 Å². The van der Waals surface area contributed by atoms with Gasteiger partial charge in [0.05, 0.1) is 0 Å². The highest BCUT2D eigenvalue weighted by molar-refractivity contribution is 5.71. The fourth-order valence-corrected chi connectivity index (χ4v) is 9.77. The molecule has 6 heteroatoms. The van der Waals surface area contributed by atoms with Gasteiger partial charge >= 0.3 is 17.9 Å². The molecule has 0 radical (unpaired) electrons. The summed E-state index contributed by atoms with van der Waals surface area (Å²) >= 11 is 0. The van der Waals surface area contributed by atoms with Gasteiger partial charge in [-0.25, -0.2) is 0 Å². The molecule has 0 aromatic carbocycles. The maximum Gasteiger partial charge on any atom is 0.306 e. The molecule has 0 fully saturated rings. The molecule has 0 saturated carbocycles. The minimum Gasteiger partial charge on any atom is -0.462 e. The lowest BCUT2D eigenvalue weighted by molar-refractivity contribution is -0.167. The highest BCUT2D eigenvalue weighted by atomic mass is 16.6. The van der Waals surface area contributed by atoms with Crippen LogP contribution in [0, 0.1) is 0 Å². The van der Waals surface area contributed by atoms with Crippen molar-refractivity contribution in [1.82, 2.24) is 0 Å². The largest absolute Gasteiger partial charge is 0.462 e. The average Bonchev–Trinajstić information content (AvgIpc) is 3.47. The predicted molar refractivity (Wildman–Crippen MR) is 357 cm³/mol. The van der Waals surface area contributed by atoms with Gasteiger partial charge in [-0.2, -0.15) is 0 Å². The van der Waals surface area contributed by atoms with Gasteiger partial charge in [0.2, 0.25) is 0 Å². The predicted octanol–water partition coefficient (Wildman–Crippen LogP) is 24.2. The Labute approximate surface area is 508 Å². The lowest BCUT2D eigenvalue weighted by Crippen LogP contribution is -2.30. The van der Waals surface area contributed by atoms with Crippen LogP contribution in [-0.2, 0) is 28.6 Å². The second-order valence-corrected chi connectivity index (χ2v) is 23.1. The number of unbranched alkanes of at least 4 members (excludes halogenated alkanes) is 34. The number of hydrogen-bond acceptors (Lipinski definition) is 6. The lowest BCUT2D eigenvalue weighted by atomic mass is 10.1. The van der Waals surface area contributed by atoms with Crippen LogP contribution in [-0.4, -0.2) is 37.2 Å². The Kier molecular flexibility index (Phi) is 66.2. The number of carbonyl (C=O) groups excluding carboxylic acids is 3. The first-order chi connectivity index (χ1) is 40.5. The highest BCUT2D eigenvalue weighted by Crippen LogP contribution is 2.16. The Bertz CT molecular complexity index is 1640. The van der Waals surface area contributed by atoms with Crippen molar-refractivity contribution >= 4 is 17.9 Å². The number of allylic oxidation sites excluding steroid dienone is 18. The van der Waals surface area contributed by atoms with Gasteiger partial charge in [-0.3, -0.25) is 14.4 Å². The molecular weight excluding hydrogens is 1010 g/mol. The van der Waals surface area contributed by atoms with Crippen molar-refractivity contribution in [2.24, 2.45) is 0 Å². The van der Waals surface area contributed by atoms with Gasteiger partial charge in [-0.1, -0.05) is 297 Å². The fourth-order valence-electron chi connectivity index (χ4n) is 9.77. The second-order valence-electron chi connectivity index (χ2n) is 23.1. The standard InChI is InChI=1S/C76H130O6/c1-4-7-10-13-16-19-22-25-28-31-33-35-36-37-38-39-40-42-43-45-48-51-54-57-60-63-66-69-75(78)81-72-73(71-80-74(77)68-65-62-59-56-53-50-47-30-27-24-21-18-15-12-9-6-3)82-76(79)70-67-64-61-58-55-52-49-46-44-41-34-32-29-26-23-20-17-14-11-8-5-2/h7,10,16,19,21,24-25,28,30,32-35,37-38,40,42,47,73H,4-6,8-9,11-15,17-18,20,22-23,26-27,29,31,36,39,41,43-46,48-72H2,1-3H3/b10-7-,19-16-,24-21-,28-25-,34-32-,35-33-,38-37-,42-40-,47-30-. The molecule has 0 aliphatic rings. The summed E-state index contributed by atoms with van der Waals surface area (Å²) in [5.41, 5.74) is 0. The Morgan fingerprint density at radius 1 is 0.256 bits per heavy atom. The maximum atomic E-state index is 13.0. The third-order valence-electron chi connectivity index (χ3n) is 15.0. The van der Waals surface area contributed by atoms with E-state index in [4.69, 9.17) is 14.2 Å². The van der Waals surface area contributed by atoms with Crippen molar-refractivity contribution in [3.8, 4) is 0 Å². The normalized spacial score (nSPS) is 12.8. The van der Waals surface area contributed by atoms with Crippen molar-refractivity contribution in [1.29, 1.82) is 0 Å². The second kappa shape index (κ2) is 69.6. The van der Waals surface area contributed by atoms with Gasteiger partial charge in [0, 0.05) is 19.3 Å². The lowest BCUT2D eigenvalue weighted by Gasteiger charge is -2.18. The Balaban J connectivity index is 4.38. The molecule has 0 spiro atoms. The number of hydrogen-bond donors (Lipinski definition) is 0. The molecule has 82 heavy (non-hydrogen) atoms. The van der Waals surface area contributed by atoms with Crippen LogP contribution in [0.1, 0.15) is 335 Å². The zero-order valence-electron chi connectivity index (χ0n) is 54.0. The van der Waals surface area contributed by atoms with E-state index in [2.05, 4.69) is 130 Å². The minimum absolute atomic E-state index is 0.0875. The minimum atomic E-state index is -0.792. The quantitative estimate of drug-likeness (QED) is 0.0261. The van der Waals surface area contributed by atoms with Crippen molar-refractivity contribution in [3.63, 3.8) is 0 Å². The molecule has 0 aromatic heterocycles. The molecule has 0 heterocycles. The van der Waals surface area contributed by atoms with Crippen LogP contribution in [0.4, 0.5) is 0 Å². The van der Waals surface area contributed by atoms with E-state index in [-0.39, 0.29) is 31.1 Å². The average molecular weight is 1140 g/mol. The molecule has 470 valence electrons. The van der Waals surface area contributed by atoms with Gasteiger partial charge in [-0.15, -0.1) is 0 Å². The molecule has 0 amide bonds. The maximum absolute atomic E-state index is 13.0. The van der Waals surface area contributed by atoms with Crippen LogP contribution >= 0.6 is 0 Å². The van der Waals surface area contributed by atoms with E-state index < -0.39 is 6.10 Å². The molecule has 1 atom stereocenters. The van der Waals surface area contributed by atoms with Crippen LogP contribution < -0.4 is 0 Å². The molecular formula is C76H130O6. The Hall–Kier alpha value is -3.93.